The topological polar surface area (TPSA) is 76.2 Å². The van der Waals surface area contributed by atoms with E-state index in [1.54, 1.807) is 19.1 Å². The van der Waals surface area contributed by atoms with Crippen LogP contribution in [0.4, 0.5) is 0 Å². The van der Waals surface area contributed by atoms with Crippen molar-refractivity contribution in [2.75, 3.05) is 12.4 Å². The highest BCUT2D eigenvalue weighted by molar-refractivity contribution is 7.86. The maximum atomic E-state index is 12.8. The first kappa shape index (κ1) is 14.6. The molecule has 1 spiro atoms. The van der Waals surface area contributed by atoms with Gasteiger partial charge < -0.3 is 4.74 Å². The standard InChI is InChI=1S/C16H15NO5S/c1-2-9-23(19,20)22-17-15(18)12-7-3-5-11-6-4-8-13(14(11)12)16(17)10-21-16/h3-8H,2,9-10H2,1H3. The van der Waals surface area contributed by atoms with Crippen LogP contribution in [-0.2, 0) is 24.9 Å². The van der Waals surface area contributed by atoms with Gasteiger partial charge in [0.25, 0.3) is 16.0 Å². The molecule has 0 aromatic heterocycles. The Kier molecular flexibility index (Phi) is 3.03. The van der Waals surface area contributed by atoms with E-state index >= 15 is 0 Å². The summed E-state index contributed by atoms with van der Waals surface area (Å²) in [5.41, 5.74) is 0.0500. The van der Waals surface area contributed by atoms with Crippen LogP contribution in [0, 0.1) is 0 Å². The molecule has 0 bridgehead atoms. The van der Waals surface area contributed by atoms with E-state index in [1.807, 2.05) is 24.3 Å². The molecule has 7 heteroatoms. The summed E-state index contributed by atoms with van der Waals surface area (Å²) in [7, 11) is -3.84. The minimum absolute atomic E-state index is 0.154. The van der Waals surface area contributed by atoms with Crippen LogP contribution >= 0.6 is 0 Å². The predicted octanol–water partition coefficient (Wildman–Crippen LogP) is 2.15. The number of hydrogen-bond acceptors (Lipinski definition) is 5. The summed E-state index contributed by atoms with van der Waals surface area (Å²) in [6.07, 6.45) is 0.407. The van der Waals surface area contributed by atoms with Crippen LogP contribution in [0.3, 0.4) is 0 Å². The van der Waals surface area contributed by atoms with Crippen molar-refractivity contribution < 1.29 is 22.2 Å². The minimum atomic E-state index is -3.84. The summed E-state index contributed by atoms with van der Waals surface area (Å²) >= 11 is 0. The monoisotopic (exact) mass is 333 g/mol. The van der Waals surface area contributed by atoms with Crippen LogP contribution in [0.5, 0.6) is 0 Å². The van der Waals surface area contributed by atoms with Gasteiger partial charge in [-0.3, -0.25) is 4.79 Å². The summed E-state index contributed by atoms with van der Waals surface area (Å²) in [5, 5.41) is 2.60. The third-order valence-corrected chi connectivity index (χ3v) is 5.41. The second-order valence-corrected chi connectivity index (χ2v) is 7.39. The number of carbonyl (C=O) groups excluding carboxylic acids is 1. The molecule has 1 amide bonds. The van der Waals surface area contributed by atoms with Gasteiger partial charge in [0, 0.05) is 10.9 Å². The SMILES string of the molecule is CCCS(=O)(=O)ON1C(=O)c2cccc3cccc(c23)C12CO2. The van der Waals surface area contributed by atoms with Gasteiger partial charge in [0.05, 0.1) is 11.3 Å². The number of carbonyl (C=O) groups is 1. The Morgan fingerprint density at radius 1 is 1.26 bits per heavy atom. The van der Waals surface area contributed by atoms with E-state index in [9.17, 15) is 13.2 Å². The summed E-state index contributed by atoms with van der Waals surface area (Å²) in [6, 6.07) is 11.0. The zero-order chi connectivity index (χ0) is 16.2. The van der Waals surface area contributed by atoms with Crippen molar-refractivity contribution in [1.29, 1.82) is 0 Å². The van der Waals surface area contributed by atoms with Crippen LogP contribution in [0.2, 0.25) is 0 Å². The quantitative estimate of drug-likeness (QED) is 0.801. The Labute approximate surface area is 133 Å². The summed E-state index contributed by atoms with van der Waals surface area (Å²) in [4.78, 5) is 12.8. The first-order valence-electron chi connectivity index (χ1n) is 7.41. The fourth-order valence-electron chi connectivity index (χ4n) is 3.06. The Bertz CT molecular complexity index is 912. The van der Waals surface area contributed by atoms with Crippen LogP contribution in [0.1, 0.15) is 29.3 Å². The van der Waals surface area contributed by atoms with E-state index in [1.165, 1.54) is 0 Å². The van der Waals surface area contributed by atoms with Gasteiger partial charge in [-0.1, -0.05) is 37.3 Å². The molecule has 2 aromatic rings. The molecule has 0 aliphatic carbocycles. The van der Waals surface area contributed by atoms with Crippen molar-refractivity contribution in [3.63, 3.8) is 0 Å². The molecule has 0 N–H and O–H groups in total. The maximum Gasteiger partial charge on any atom is 0.288 e. The van der Waals surface area contributed by atoms with Gasteiger partial charge in [-0.15, -0.1) is 4.28 Å². The molecule has 0 saturated carbocycles. The molecule has 2 heterocycles. The van der Waals surface area contributed by atoms with Crippen LogP contribution in [-0.4, -0.2) is 31.7 Å². The molecule has 2 aliphatic rings. The summed E-state index contributed by atoms with van der Waals surface area (Å²) < 4.78 is 34.7. The predicted molar refractivity (Wildman–Crippen MR) is 82.9 cm³/mol. The number of epoxide rings is 1. The fourth-order valence-corrected chi connectivity index (χ4v) is 4.05. The second kappa shape index (κ2) is 4.77. The van der Waals surface area contributed by atoms with Crippen molar-refractivity contribution in [2.45, 2.75) is 19.1 Å². The molecule has 0 radical (unpaired) electrons. The van der Waals surface area contributed by atoms with Crippen LogP contribution in [0.25, 0.3) is 10.8 Å². The average Bonchev–Trinajstić information content (AvgIpc) is 3.31. The van der Waals surface area contributed by atoms with Gasteiger partial charge in [-0.05, 0) is 17.9 Å². The maximum absolute atomic E-state index is 12.8. The van der Waals surface area contributed by atoms with Gasteiger partial charge in [-0.25, -0.2) is 0 Å². The molecule has 1 unspecified atom stereocenters. The number of ether oxygens (including phenoxy) is 1. The Balaban J connectivity index is 1.88. The molecule has 120 valence electrons. The van der Waals surface area contributed by atoms with Crippen LogP contribution in [0.15, 0.2) is 36.4 Å². The molecular weight excluding hydrogens is 318 g/mol. The first-order chi connectivity index (χ1) is 11.0. The molecule has 6 nitrogen and oxygen atoms in total. The molecule has 1 saturated heterocycles. The lowest BCUT2D eigenvalue weighted by Gasteiger charge is -2.32. The van der Waals surface area contributed by atoms with Crippen molar-refractivity contribution in [3.05, 3.63) is 47.5 Å². The number of benzene rings is 2. The van der Waals surface area contributed by atoms with Crippen molar-refractivity contribution in [1.82, 2.24) is 5.06 Å². The van der Waals surface area contributed by atoms with Crippen molar-refractivity contribution >= 4 is 26.8 Å². The molecule has 23 heavy (non-hydrogen) atoms. The minimum Gasteiger partial charge on any atom is -0.342 e. The lowest BCUT2D eigenvalue weighted by atomic mass is 9.91. The highest BCUT2D eigenvalue weighted by Crippen LogP contribution is 2.50. The number of amides is 1. The number of fused-ring (bicyclic) bond motifs is 1. The number of nitrogens with zero attached hydrogens (tertiary/aromatic N) is 1. The second-order valence-electron chi connectivity index (χ2n) is 5.72. The largest absolute Gasteiger partial charge is 0.342 e. The summed E-state index contributed by atoms with van der Waals surface area (Å²) in [5.74, 6) is -0.648. The Morgan fingerprint density at radius 3 is 2.61 bits per heavy atom. The summed E-state index contributed by atoms with van der Waals surface area (Å²) in [6.45, 7) is 1.95. The van der Waals surface area contributed by atoms with E-state index in [4.69, 9.17) is 9.02 Å². The van der Waals surface area contributed by atoms with Gasteiger partial charge in [0.2, 0.25) is 5.72 Å². The number of hydrogen-bond donors (Lipinski definition) is 0. The van der Waals surface area contributed by atoms with Crippen molar-refractivity contribution in [3.8, 4) is 0 Å². The van der Waals surface area contributed by atoms with E-state index in [0.717, 1.165) is 21.4 Å². The molecule has 2 aliphatic heterocycles. The van der Waals surface area contributed by atoms with Gasteiger partial charge in [0.1, 0.15) is 6.61 Å². The van der Waals surface area contributed by atoms with E-state index < -0.39 is 21.8 Å². The van der Waals surface area contributed by atoms with Gasteiger partial charge in [0.15, 0.2) is 0 Å². The average molecular weight is 333 g/mol. The molecule has 1 atom stereocenters. The number of hydroxylamine groups is 2. The highest BCUT2D eigenvalue weighted by atomic mass is 32.2. The van der Waals surface area contributed by atoms with E-state index in [0.29, 0.717) is 12.0 Å². The smallest absolute Gasteiger partial charge is 0.288 e. The Hall–Kier alpha value is -1.96. The van der Waals surface area contributed by atoms with E-state index in [-0.39, 0.29) is 12.4 Å². The third-order valence-electron chi connectivity index (χ3n) is 4.13. The number of rotatable bonds is 4. The zero-order valence-corrected chi connectivity index (χ0v) is 13.3. The molecule has 4 rings (SSSR count). The normalized spacial score (nSPS) is 22.8. The highest BCUT2D eigenvalue weighted by Gasteiger charge is 2.60. The molecular formula is C16H15NO5S. The van der Waals surface area contributed by atoms with E-state index in [2.05, 4.69) is 0 Å². The lowest BCUT2D eigenvalue weighted by molar-refractivity contribution is -0.106. The molecule has 1 fully saturated rings. The first-order valence-corrected chi connectivity index (χ1v) is 8.99. The van der Waals surface area contributed by atoms with Crippen LogP contribution < -0.4 is 0 Å². The zero-order valence-electron chi connectivity index (χ0n) is 12.5. The fraction of sp³-hybridized carbons (Fsp3) is 0.312. The lowest BCUT2D eigenvalue weighted by Crippen LogP contribution is -2.46. The van der Waals surface area contributed by atoms with Gasteiger partial charge in [-0.2, -0.15) is 13.5 Å². The third kappa shape index (κ3) is 2.08. The van der Waals surface area contributed by atoms with Crippen molar-refractivity contribution in [2.24, 2.45) is 0 Å². The Morgan fingerprint density at radius 2 is 1.96 bits per heavy atom. The van der Waals surface area contributed by atoms with Gasteiger partial charge >= 0.3 is 0 Å². The molecule has 2 aromatic carbocycles.